The first-order chi connectivity index (χ1) is 2.56. The van der Waals surface area contributed by atoms with E-state index in [1.165, 1.54) is 0 Å². The molecule has 0 saturated carbocycles. The van der Waals surface area contributed by atoms with Crippen LogP contribution in [0.15, 0.2) is 0 Å². The van der Waals surface area contributed by atoms with Gasteiger partial charge in [-0.2, -0.15) is 0 Å². The lowest BCUT2D eigenvalue weighted by Gasteiger charge is -1.82. The fourth-order valence-corrected chi connectivity index (χ4v) is 0. The second kappa shape index (κ2) is 2.42. The molecule has 0 aliphatic heterocycles. The van der Waals surface area contributed by atoms with Crippen molar-refractivity contribution in [2.24, 2.45) is 0 Å². The normalized spacial score (nSPS) is 19.7. The van der Waals surface area contributed by atoms with Crippen LogP contribution in [0, 0.1) is 0 Å². The molecule has 0 aromatic rings. The van der Waals surface area contributed by atoms with Crippen LogP contribution in [0.3, 0.4) is 0 Å². The third-order valence-electron chi connectivity index (χ3n) is 0.345. The molecule has 1 nitrogen and oxygen atoms in total. The van der Waals surface area contributed by atoms with Gasteiger partial charge in [0.1, 0.15) is 0 Å². The lowest BCUT2D eigenvalue weighted by Crippen LogP contribution is -1.85. The molecule has 0 aromatic heterocycles. The molecule has 6 heavy (non-hydrogen) atoms. The van der Waals surface area contributed by atoms with Crippen molar-refractivity contribution in [2.45, 2.75) is 6.92 Å². The van der Waals surface area contributed by atoms with Crippen LogP contribution in [-0.2, 0) is 16.9 Å². The van der Waals surface area contributed by atoms with E-state index in [1.54, 1.807) is 21.2 Å². The van der Waals surface area contributed by atoms with Gasteiger partial charge in [-0.3, -0.25) is 0 Å². The van der Waals surface area contributed by atoms with Crippen LogP contribution in [0.4, 0.5) is 0 Å². The molecule has 0 fully saturated rings. The number of halogens is 1. The average Bonchev–Trinajstić information content (AvgIpc) is 1.35. The summed E-state index contributed by atoms with van der Waals surface area (Å²) in [6, 6.07) is 0. The molecule has 0 radical (unpaired) electrons. The molecule has 1 atom stereocenters. The first kappa shape index (κ1) is 7.10. The lowest BCUT2D eigenvalue weighted by atomic mass is 11.0. The Labute approximate surface area is 54.8 Å². The Morgan fingerprint density at radius 2 is 2.17 bits per heavy atom. The fourth-order valence-electron chi connectivity index (χ4n) is 0. The zero-order valence-corrected chi connectivity index (χ0v) is 7.10. The predicted molar refractivity (Wildman–Crippen MR) is 40.1 cm³/mol. The summed E-state index contributed by atoms with van der Waals surface area (Å²) in [5, 5.41) is 0. The van der Waals surface area contributed by atoms with Gasteiger partial charge in [-0.25, -0.2) is 4.21 Å². The molecule has 0 N–H and O–H groups in total. The molecule has 38 valence electrons. The molecule has 0 saturated heterocycles. The van der Waals surface area contributed by atoms with Crippen LogP contribution >= 0.6 is 21.2 Å². The Bertz CT molecular complexity index is 114. The maximum Gasteiger partial charge on any atom is 0.0850 e. The topological polar surface area (TPSA) is 17.1 Å². The molecule has 0 aromatic carbocycles. The van der Waals surface area contributed by atoms with Crippen LogP contribution in [0.2, 0.25) is 0 Å². The van der Waals surface area contributed by atoms with Gasteiger partial charge in [0, 0.05) is 27.0 Å². The highest BCUT2D eigenvalue weighted by Gasteiger charge is 1.88. The van der Waals surface area contributed by atoms with E-state index in [4.69, 9.17) is 0 Å². The Morgan fingerprint density at radius 1 is 2.00 bits per heavy atom. The summed E-state index contributed by atoms with van der Waals surface area (Å²) < 4.78 is 10.4. The molecule has 0 rings (SSSR count). The van der Waals surface area contributed by atoms with Gasteiger partial charge in [0.25, 0.3) is 0 Å². The Balaban J connectivity index is 3.85. The van der Waals surface area contributed by atoms with Crippen LogP contribution in [0.25, 0.3) is 0 Å². The monoisotopic (exact) mass is 236 g/mol. The highest BCUT2D eigenvalue weighted by molar-refractivity contribution is 14.2. The second-order valence-corrected chi connectivity index (χ2v) is 10.2. The number of rotatable bonds is 1. The number of hydrogen-bond donors (Lipinski definition) is 0. The third-order valence-corrected chi connectivity index (χ3v) is 3.61. The van der Waals surface area contributed by atoms with E-state index in [0.29, 0.717) is 5.75 Å². The SMILES string of the molecule is CCS(=O)(=S)I. The van der Waals surface area contributed by atoms with Gasteiger partial charge in [0.15, 0.2) is 0 Å². The van der Waals surface area contributed by atoms with Gasteiger partial charge in [0.2, 0.25) is 0 Å². The van der Waals surface area contributed by atoms with Gasteiger partial charge in [-0.05, 0) is 11.2 Å². The van der Waals surface area contributed by atoms with Crippen molar-refractivity contribution in [3.63, 3.8) is 0 Å². The molecule has 0 amide bonds. The predicted octanol–water partition coefficient (Wildman–Crippen LogP) is 1.10. The first-order valence-corrected chi connectivity index (χ1v) is 6.68. The van der Waals surface area contributed by atoms with E-state index < -0.39 is 5.66 Å². The van der Waals surface area contributed by atoms with E-state index in [2.05, 4.69) is 11.2 Å². The van der Waals surface area contributed by atoms with Crippen LogP contribution in [-0.4, -0.2) is 9.96 Å². The van der Waals surface area contributed by atoms with E-state index in [9.17, 15) is 4.21 Å². The van der Waals surface area contributed by atoms with E-state index in [-0.39, 0.29) is 0 Å². The molecule has 0 bridgehead atoms. The van der Waals surface area contributed by atoms with Crippen molar-refractivity contribution < 1.29 is 4.21 Å². The van der Waals surface area contributed by atoms with E-state index >= 15 is 0 Å². The van der Waals surface area contributed by atoms with Crippen molar-refractivity contribution in [2.75, 3.05) is 5.75 Å². The molecule has 0 aliphatic carbocycles. The first-order valence-electron chi connectivity index (χ1n) is 1.48. The molecule has 1 unspecified atom stereocenters. The fraction of sp³-hybridized carbons (Fsp3) is 1.00. The van der Waals surface area contributed by atoms with Gasteiger partial charge in [-0.1, -0.05) is 6.92 Å². The molecular formula is C2H5IOS2. The highest BCUT2D eigenvalue weighted by Crippen LogP contribution is 1.99. The maximum absolute atomic E-state index is 10.4. The van der Waals surface area contributed by atoms with Crippen molar-refractivity contribution in [1.82, 2.24) is 0 Å². The summed E-state index contributed by atoms with van der Waals surface area (Å²) >= 11 is 6.28. The van der Waals surface area contributed by atoms with Crippen LogP contribution in [0.1, 0.15) is 6.92 Å². The lowest BCUT2D eigenvalue weighted by molar-refractivity contribution is 0.692. The van der Waals surface area contributed by atoms with E-state index in [0.717, 1.165) is 0 Å². The Kier molecular flexibility index (Phi) is 2.86. The van der Waals surface area contributed by atoms with Gasteiger partial charge < -0.3 is 0 Å². The molecule has 4 heteroatoms. The van der Waals surface area contributed by atoms with Gasteiger partial charge in [0.05, 0.1) is 5.66 Å². The van der Waals surface area contributed by atoms with E-state index in [1.807, 2.05) is 6.92 Å². The maximum atomic E-state index is 10.4. The van der Waals surface area contributed by atoms with Crippen LogP contribution < -0.4 is 0 Å². The quantitative estimate of drug-likeness (QED) is 0.501. The summed E-state index contributed by atoms with van der Waals surface area (Å²) in [6.45, 7) is 1.82. The van der Waals surface area contributed by atoms with Crippen molar-refractivity contribution in [1.29, 1.82) is 0 Å². The highest BCUT2D eigenvalue weighted by atomic mass is 127. The van der Waals surface area contributed by atoms with Gasteiger partial charge in [-0.15, -0.1) is 0 Å². The minimum Gasteiger partial charge on any atom is -0.246 e. The smallest absolute Gasteiger partial charge is 0.0850 e. The molecule has 0 heterocycles. The van der Waals surface area contributed by atoms with Crippen molar-refractivity contribution >= 4 is 38.1 Å². The summed E-state index contributed by atoms with van der Waals surface area (Å²) in [5.74, 6) is 0.600. The molecular weight excluding hydrogens is 231 g/mol. The average molecular weight is 236 g/mol. The largest absolute Gasteiger partial charge is 0.246 e. The minimum atomic E-state index is -1.86. The zero-order valence-electron chi connectivity index (χ0n) is 3.31. The zero-order chi connectivity index (χ0) is 5.21. The Hall–Kier alpha value is 1.10. The van der Waals surface area contributed by atoms with Gasteiger partial charge >= 0.3 is 0 Å². The second-order valence-electron chi connectivity index (χ2n) is 0.828. The summed E-state index contributed by atoms with van der Waals surface area (Å²) in [7, 11) is 0. The molecule has 0 aliphatic rings. The minimum absolute atomic E-state index is 0.600. The van der Waals surface area contributed by atoms with Crippen molar-refractivity contribution in [3.05, 3.63) is 0 Å². The summed E-state index contributed by atoms with van der Waals surface area (Å²) in [6.07, 6.45) is 0. The number of hydrogen-bond acceptors (Lipinski definition) is 2. The summed E-state index contributed by atoms with van der Waals surface area (Å²) in [5.41, 5.74) is -1.86. The molecule has 0 spiro atoms. The van der Waals surface area contributed by atoms with Crippen molar-refractivity contribution in [3.8, 4) is 0 Å². The van der Waals surface area contributed by atoms with Crippen LogP contribution in [0.5, 0.6) is 0 Å². The third kappa shape index (κ3) is 5.10. The summed E-state index contributed by atoms with van der Waals surface area (Å²) in [4.78, 5) is 0. The standard InChI is InChI=1S/C2H5IOS2/c1-2-6(3,4)5/h2H2,1H3. The Morgan fingerprint density at radius 3 is 2.17 bits per heavy atom.